The third-order valence-electron chi connectivity index (χ3n) is 5.04. The number of benzene rings is 1. The molecule has 120 valence electrons. The lowest BCUT2D eigenvalue weighted by Crippen LogP contribution is -2.67. The first-order valence-electron chi connectivity index (χ1n) is 7.96. The number of carbonyl (C=O) groups excluding carboxylic acids is 1. The summed E-state index contributed by atoms with van der Waals surface area (Å²) < 4.78 is 5.36. The van der Waals surface area contributed by atoms with E-state index < -0.39 is 6.23 Å². The quantitative estimate of drug-likeness (QED) is 0.910. The number of likely N-dealkylation sites (N-methyl/N-ethyl adjacent to an activating group) is 1. The highest BCUT2D eigenvalue weighted by Crippen LogP contribution is 2.31. The summed E-state index contributed by atoms with van der Waals surface area (Å²) in [4.78, 5) is 16.3. The standard InChI is InChI=1S/C17H24N2O3/c1-18-13-7-5-8-14(18)17(21)19(16(13)20)11-10-12-6-3-4-9-15(12)22-2/h3-4,6,9,13-14,16,20H,5,7-8,10-11H2,1-2H3. The van der Waals surface area contributed by atoms with Gasteiger partial charge in [0, 0.05) is 6.54 Å². The van der Waals surface area contributed by atoms with Crippen molar-refractivity contribution >= 4 is 5.91 Å². The topological polar surface area (TPSA) is 53.0 Å². The van der Waals surface area contributed by atoms with Gasteiger partial charge in [0.2, 0.25) is 5.91 Å². The fraction of sp³-hybridized carbons (Fsp3) is 0.588. The van der Waals surface area contributed by atoms with Gasteiger partial charge in [0.1, 0.15) is 12.0 Å². The predicted molar refractivity (Wildman–Crippen MR) is 83.6 cm³/mol. The molecule has 3 unspecified atom stereocenters. The van der Waals surface area contributed by atoms with Gasteiger partial charge in [-0.05, 0) is 44.4 Å². The monoisotopic (exact) mass is 304 g/mol. The molecule has 0 aliphatic carbocycles. The summed E-state index contributed by atoms with van der Waals surface area (Å²) in [5.74, 6) is 0.889. The highest BCUT2D eigenvalue weighted by Gasteiger charge is 2.46. The molecular weight excluding hydrogens is 280 g/mol. The van der Waals surface area contributed by atoms with Crippen molar-refractivity contribution in [2.75, 3.05) is 20.7 Å². The second kappa shape index (κ2) is 6.26. The third-order valence-corrected chi connectivity index (χ3v) is 5.04. The molecule has 2 aliphatic rings. The van der Waals surface area contributed by atoms with Gasteiger partial charge in [-0.25, -0.2) is 0 Å². The van der Waals surface area contributed by atoms with E-state index in [2.05, 4.69) is 4.90 Å². The van der Waals surface area contributed by atoms with E-state index in [-0.39, 0.29) is 18.0 Å². The summed E-state index contributed by atoms with van der Waals surface area (Å²) >= 11 is 0. The smallest absolute Gasteiger partial charge is 0.242 e. The Morgan fingerprint density at radius 2 is 2.09 bits per heavy atom. The summed E-state index contributed by atoms with van der Waals surface area (Å²) in [5, 5.41) is 10.6. The van der Waals surface area contributed by atoms with Crippen LogP contribution in [0.15, 0.2) is 24.3 Å². The highest BCUT2D eigenvalue weighted by atomic mass is 16.5. The molecule has 22 heavy (non-hydrogen) atoms. The Bertz CT molecular complexity index is 548. The van der Waals surface area contributed by atoms with Crippen molar-refractivity contribution in [3.8, 4) is 5.75 Å². The van der Waals surface area contributed by atoms with Crippen LogP contribution in [0.1, 0.15) is 24.8 Å². The maximum absolute atomic E-state index is 12.6. The Hall–Kier alpha value is -1.59. The zero-order valence-electron chi connectivity index (χ0n) is 13.2. The average molecular weight is 304 g/mol. The Balaban J connectivity index is 1.73. The van der Waals surface area contributed by atoms with E-state index in [1.807, 2.05) is 31.3 Å². The van der Waals surface area contributed by atoms with Gasteiger partial charge >= 0.3 is 0 Å². The number of aliphatic hydroxyl groups is 1. The molecular formula is C17H24N2O3. The Labute approximate surface area is 131 Å². The molecule has 2 aliphatic heterocycles. The number of para-hydroxylation sites is 1. The van der Waals surface area contributed by atoms with E-state index in [0.717, 1.165) is 30.6 Å². The minimum absolute atomic E-state index is 0.0563. The average Bonchev–Trinajstić information content (AvgIpc) is 2.53. The number of fused-ring (bicyclic) bond motifs is 2. The van der Waals surface area contributed by atoms with Crippen molar-refractivity contribution in [1.82, 2.24) is 9.80 Å². The van der Waals surface area contributed by atoms with E-state index in [4.69, 9.17) is 4.74 Å². The Morgan fingerprint density at radius 1 is 1.32 bits per heavy atom. The Morgan fingerprint density at radius 3 is 2.86 bits per heavy atom. The summed E-state index contributed by atoms with van der Waals surface area (Å²) in [6, 6.07) is 7.82. The number of likely N-dealkylation sites (tertiary alicyclic amines) is 1. The van der Waals surface area contributed by atoms with Crippen molar-refractivity contribution in [2.24, 2.45) is 0 Å². The lowest BCUT2D eigenvalue weighted by atomic mass is 9.90. The van der Waals surface area contributed by atoms with Crippen LogP contribution in [0.4, 0.5) is 0 Å². The number of amides is 1. The number of hydrogen-bond donors (Lipinski definition) is 1. The van der Waals surface area contributed by atoms with Gasteiger partial charge in [-0.3, -0.25) is 9.69 Å². The largest absolute Gasteiger partial charge is 0.496 e. The molecule has 0 saturated carbocycles. The van der Waals surface area contributed by atoms with Crippen molar-refractivity contribution in [3.63, 3.8) is 0 Å². The number of nitrogens with zero attached hydrogens (tertiary/aromatic N) is 2. The maximum Gasteiger partial charge on any atom is 0.242 e. The number of ether oxygens (including phenoxy) is 1. The predicted octanol–water partition coefficient (Wildman–Crippen LogP) is 1.25. The molecule has 2 saturated heterocycles. The summed E-state index contributed by atoms with van der Waals surface area (Å²) in [6.07, 6.45) is 2.85. The number of aliphatic hydroxyl groups excluding tert-OH is 1. The molecule has 1 amide bonds. The lowest BCUT2D eigenvalue weighted by Gasteiger charge is -2.50. The van der Waals surface area contributed by atoms with Crippen molar-refractivity contribution in [1.29, 1.82) is 0 Å². The number of rotatable bonds is 4. The van der Waals surface area contributed by atoms with Crippen LogP contribution in [0.25, 0.3) is 0 Å². The highest BCUT2D eigenvalue weighted by molar-refractivity contribution is 5.83. The second-order valence-electron chi connectivity index (χ2n) is 6.19. The molecule has 1 aromatic carbocycles. The molecule has 3 atom stereocenters. The van der Waals surface area contributed by atoms with Crippen LogP contribution >= 0.6 is 0 Å². The van der Waals surface area contributed by atoms with E-state index in [1.165, 1.54) is 0 Å². The van der Waals surface area contributed by atoms with Crippen LogP contribution in [0.3, 0.4) is 0 Å². The summed E-state index contributed by atoms with van der Waals surface area (Å²) in [6.45, 7) is 0.529. The normalized spacial score (nSPS) is 28.8. The molecule has 0 spiro atoms. The third kappa shape index (κ3) is 2.59. The van der Waals surface area contributed by atoms with Crippen LogP contribution in [0.5, 0.6) is 5.75 Å². The number of methoxy groups -OCH3 is 1. The lowest BCUT2D eigenvalue weighted by molar-refractivity contribution is -0.173. The van der Waals surface area contributed by atoms with Gasteiger partial charge in [-0.2, -0.15) is 0 Å². The molecule has 1 aromatic rings. The van der Waals surface area contributed by atoms with Crippen LogP contribution in [0.2, 0.25) is 0 Å². The Kier molecular flexibility index (Phi) is 4.36. The van der Waals surface area contributed by atoms with Gasteiger partial charge in [0.15, 0.2) is 0 Å². The summed E-state index contributed by atoms with van der Waals surface area (Å²) in [7, 11) is 3.60. The minimum Gasteiger partial charge on any atom is -0.496 e. The van der Waals surface area contributed by atoms with E-state index in [0.29, 0.717) is 13.0 Å². The SMILES string of the molecule is COc1ccccc1CCN1C(=O)C2CCCC(C1O)N2C. The molecule has 2 heterocycles. The molecule has 3 rings (SSSR count). The van der Waals surface area contributed by atoms with Crippen LogP contribution in [0, 0.1) is 0 Å². The maximum atomic E-state index is 12.6. The minimum atomic E-state index is -0.705. The first kappa shape index (κ1) is 15.3. The van der Waals surface area contributed by atoms with E-state index in [9.17, 15) is 9.90 Å². The van der Waals surface area contributed by atoms with Crippen molar-refractivity contribution in [3.05, 3.63) is 29.8 Å². The number of piperidine rings is 1. The fourth-order valence-corrected chi connectivity index (χ4v) is 3.74. The molecule has 0 radical (unpaired) electrons. The van der Waals surface area contributed by atoms with Gasteiger partial charge in [0.25, 0.3) is 0 Å². The summed E-state index contributed by atoms with van der Waals surface area (Å²) in [5.41, 5.74) is 1.06. The number of piperazine rings is 1. The van der Waals surface area contributed by atoms with Gasteiger partial charge < -0.3 is 14.7 Å². The molecule has 1 N–H and O–H groups in total. The van der Waals surface area contributed by atoms with Gasteiger partial charge in [0.05, 0.1) is 19.2 Å². The van der Waals surface area contributed by atoms with Crippen molar-refractivity contribution in [2.45, 2.75) is 44.0 Å². The zero-order valence-corrected chi connectivity index (χ0v) is 13.2. The van der Waals surface area contributed by atoms with E-state index >= 15 is 0 Å². The molecule has 2 fully saturated rings. The number of hydrogen-bond acceptors (Lipinski definition) is 4. The molecule has 2 bridgehead atoms. The van der Waals surface area contributed by atoms with Crippen molar-refractivity contribution < 1.29 is 14.6 Å². The van der Waals surface area contributed by atoms with E-state index in [1.54, 1.807) is 12.0 Å². The molecule has 0 aromatic heterocycles. The second-order valence-corrected chi connectivity index (χ2v) is 6.19. The fourth-order valence-electron chi connectivity index (χ4n) is 3.74. The molecule has 5 nitrogen and oxygen atoms in total. The first-order valence-corrected chi connectivity index (χ1v) is 7.96. The number of carbonyl (C=O) groups is 1. The van der Waals surface area contributed by atoms with Gasteiger partial charge in [-0.1, -0.05) is 18.2 Å². The molecule has 5 heteroatoms. The van der Waals surface area contributed by atoms with Crippen LogP contribution in [-0.4, -0.2) is 59.8 Å². The van der Waals surface area contributed by atoms with Crippen LogP contribution < -0.4 is 4.74 Å². The van der Waals surface area contributed by atoms with Crippen LogP contribution in [-0.2, 0) is 11.2 Å². The zero-order chi connectivity index (χ0) is 15.7. The van der Waals surface area contributed by atoms with Gasteiger partial charge in [-0.15, -0.1) is 0 Å². The first-order chi connectivity index (χ1) is 10.6.